The van der Waals surface area contributed by atoms with E-state index in [1.807, 2.05) is 4.72 Å². The van der Waals surface area contributed by atoms with Crippen molar-refractivity contribution in [2.75, 3.05) is 27.4 Å². The number of methoxy groups -OCH3 is 2. The smallest absolute Gasteiger partial charge is 0.421 e. The van der Waals surface area contributed by atoms with Crippen LogP contribution in [0.25, 0.3) is 0 Å². The maximum absolute atomic E-state index is 11.0. The van der Waals surface area contributed by atoms with Crippen LogP contribution in [-0.2, 0) is 19.7 Å². The molecule has 1 amide bonds. The Hall–Kier alpha value is -0.900. The fourth-order valence-electron chi connectivity index (χ4n) is 0.645. The Bertz CT molecular complexity index is 290. The maximum atomic E-state index is 11.0. The Morgan fingerprint density at radius 1 is 1.47 bits per heavy atom. The number of carbonyl (C=O) groups is 1. The lowest BCUT2D eigenvalue weighted by molar-refractivity contribution is 0.0678. The Morgan fingerprint density at radius 2 is 2.07 bits per heavy atom. The molecular weight excluding hydrogens is 228 g/mol. The van der Waals surface area contributed by atoms with Gasteiger partial charge in [-0.3, -0.25) is 0 Å². The number of aliphatic hydroxyl groups excluding tert-OH is 1. The average molecular weight is 242 g/mol. The van der Waals surface area contributed by atoms with Crippen molar-refractivity contribution in [1.29, 1.82) is 0 Å². The molecular formula is C6H14N2O6S. The molecule has 3 N–H and O–H groups in total. The topological polar surface area (TPSA) is 114 Å². The van der Waals surface area contributed by atoms with Crippen LogP contribution in [0.3, 0.4) is 0 Å². The average Bonchev–Trinajstić information content (AvgIpc) is 2.15. The van der Waals surface area contributed by atoms with Gasteiger partial charge in [-0.2, -0.15) is 13.1 Å². The lowest BCUT2D eigenvalue weighted by Crippen LogP contribution is -2.43. The highest BCUT2D eigenvalue weighted by atomic mass is 32.2. The second kappa shape index (κ2) is 6.56. The summed E-state index contributed by atoms with van der Waals surface area (Å²) in [6, 6.07) is 0. The summed E-state index contributed by atoms with van der Waals surface area (Å²) in [5, 5.41) is 9.11. The van der Waals surface area contributed by atoms with E-state index in [1.165, 1.54) is 7.11 Å². The highest BCUT2D eigenvalue weighted by Gasteiger charge is 2.15. The summed E-state index contributed by atoms with van der Waals surface area (Å²) >= 11 is 0. The minimum absolute atomic E-state index is 0.0132. The molecule has 0 heterocycles. The number of ether oxygens (including phenoxy) is 2. The fraction of sp³-hybridized carbons (Fsp3) is 0.833. The largest absolute Gasteiger partial charge is 0.452 e. The monoisotopic (exact) mass is 242 g/mol. The minimum atomic E-state index is -4.00. The summed E-state index contributed by atoms with van der Waals surface area (Å²) < 4.78 is 34.2. The molecule has 1 atom stereocenters. The van der Waals surface area contributed by atoms with Gasteiger partial charge in [0.05, 0.1) is 19.8 Å². The second-order valence-corrected chi connectivity index (χ2v) is 4.05. The summed E-state index contributed by atoms with van der Waals surface area (Å²) in [5.74, 6) is 0. The van der Waals surface area contributed by atoms with E-state index < -0.39 is 22.4 Å². The zero-order valence-electron chi connectivity index (χ0n) is 8.39. The molecule has 0 aromatic carbocycles. The molecule has 0 aliphatic carbocycles. The Morgan fingerprint density at radius 3 is 2.53 bits per heavy atom. The molecule has 0 saturated heterocycles. The number of hydrogen-bond donors (Lipinski definition) is 3. The van der Waals surface area contributed by atoms with Gasteiger partial charge in [0, 0.05) is 13.7 Å². The number of rotatable bonds is 6. The molecule has 0 radical (unpaired) electrons. The van der Waals surface area contributed by atoms with E-state index in [1.54, 1.807) is 4.72 Å². The molecule has 1 unspecified atom stereocenters. The molecule has 0 fully saturated rings. The maximum Gasteiger partial charge on any atom is 0.421 e. The minimum Gasteiger partial charge on any atom is -0.452 e. The Kier molecular flexibility index (Phi) is 6.17. The standard InChI is InChI=1S/C6H14N2O6S/c1-13-4-5(9)3-7-15(11,12)8-6(10)14-2/h5,7,9H,3-4H2,1-2H3,(H,8,10). The summed E-state index contributed by atoms with van der Waals surface area (Å²) in [6.45, 7) is -0.277. The van der Waals surface area contributed by atoms with Crippen molar-refractivity contribution in [2.24, 2.45) is 0 Å². The molecule has 9 heteroatoms. The second-order valence-electron chi connectivity index (χ2n) is 2.55. The molecule has 8 nitrogen and oxygen atoms in total. The quantitative estimate of drug-likeness (QED) is 0.505. The number of hydrogen-bond acceptors (Lipinski definition) is 6. The van der Waals surface area contributed by atoms with Gasteiger partial charge in [0.15, 0.2) is 0 Å². The number of amides is 1. The first kappa shape index (κ1) is 14.1. The predicted octanol–water partition coefficient (Wildman–Crippen LogP) is -1.82. The van der Waals surface area contributed by atoms with E-state index in [9.17, 15) is 13.2 Å². The van der Waals surface area contributed by atoms with Crippen LogP contribution in [0, 0.1) is 0 Å². The van der Waals surface area contributed by atoms with Crippen LogP contribution in [0.2, 0.25) is 0 Å². The van der Waals surface area contributed by atoms with Crippen LogP contribution in [-0.4, -0.2) is 53.1 Å². The highest BCUT2D eigenvalue weighted by Crippen LogP contribution is 1.85. The van der Waals surface area contributed by atoms with Crippen LogP contribution in [0.4, 0.5) is 4.79 Å². The number of aliphatic hydroxyl groups is 1. The van der Waals surface area contributed by atoms with Gasteiger partial charge in [-0.15, -0.1) is 0 Å². The van der Waals surface area contributed by atoms with E-state index in [2.05, 4.69) is 9.47 Å². The zero-order valence-corrected chi connectivity index (χ0v) is 9.20. The van der Waals surface area contributed by atoms with E-state index in [-0.39, 0.29) is 13.2 Å². The van der Waals surface area contributed by atoms with Crippen LogP contribution in [0.15, 0.2) is 0 Å². The van der Waals surface area contributed by atoms with E-state index in [4.69, 9.17) is 5.11 Å². The lowest BCUT2D eigenvalue weighted by Gasteiger charge is -2.11. The van der Waals surface area contributed by atoms with Crippen LogP contribution < -0.4 is 9.44 Å². The molecule has 0 aromatic rings. The summed E-state index contributed by atoms with van der Waals surface area (Å²) in [6.07, 6.45) is -2.09. The normalized spacial score (nSPS) is 13.3. The Balaban J connectivity index is 3.99. The van der Waals surface area contributed by atoms with Gasteiger partial charge in [-0.1, -0.05) is 0 Å². The molecule has 0 saturated carbocycles. The molecule has 0 aromatic heterocycles. The van der Waals surface area contributed by atoms with Gasteiger partial charge < -0.3 is 14.6 Å². The Labute approximate surface area is 87.7 Å². The van der Waals surface area contributed by atoms with Crippen molar-refractivity contribution >= 4 is 16.3 Å². The summed E-state index contributed by atoms with van der Waals surface area (Å²) in [7, 11) is -1.60. The fourth-order valence-corrected chi connectivity index (χ4v) is 1.43. The van der Waals surface area contributed by atoms with Crippen molar-refractivity contribution in [3.63, 3.8) is 0 Å². The van der Waals surface area contributed by atoms with Crippen molar-refractivity contribution in [1.82, 2.24) is 9.44 Å². The molecule has 0 rings (SSSR count). The third-order valence-corrected chi connectivity index (χ3v) is 2.25. The van der Waals surface area contributed by atoms with E-state index >= 15 is 0 Å². The zero-order chi connectivity index (χ0) is 11.9. The molecule has 0 aliphatic rings. The van der Waals surface area contributed by atoms with E-state index in [0.717, 1.165) is 7.11 Å². The van der Waals surface area contributed by atoms with Crippen molar-refractivity contribution < 1.29 is 27.8 Å². The first-order valence-electron chi connectivity index (χ1n) is 3.93. The lowest BCUT2D eigenvalue weighted by atomic mass is 10.4. The van der Waals surface area contributed by atoms with Gasteiger partial charge in [0.1, 0.15) is 0 Å². The molecule has 0 aliphatic heterocycles. The van der Waals surface area contributed by atoms with Gasteiger partial charge in [-0.25, -0.2) is 9.52 Å². The van der Waals surface area contributed by atoms with Crippen molar-refractivity contribution in [2.45, 2.75) is 6.10 Å². The van der Waals surface area contributed by atoms with Crippen LogP contribution in [0.1, 0.15) is 0 Å². The third-order valence-electron chi connectivity index (χ3n) is 1.27. The highest BCUT2D eigenvalue weighted by molar-refractivity contribution is 7.88. The van der Waals surface area contributed by atoms with Gasteiger partial charge >= 0.3 is 16.3 Å². The molecule has 0 spiro atoms. The SMILES string of the molecule is COCC(O)CNS(=O)(=O)NC(=O)OC. The number of carbonyl (C=O) groups excluding carboxylic acids is 1. The van der Waals surface area contributed by atoms with Gasteiger partial charge in [0.2, 0.25) is 0 Å². The molecule has 0 bridgehead atoms. The summed E-state index contributed by atoms with van der Waals surface area (Å²) in [5.41, 5.74) is 0. The third kappa shape index (κ3) is 7.08. The number of nitrogens with one attached hydrogen (secondary N) is 2. The first-order chi connectivity index (χ1) is 6.91. The molecule has 90 valence electrons. The van der Waals surface area contributed by atoms with Crippen molar-refractivity contribution in [3.05, 3.63) is 0 Å². The van der Waals surface area contributed by atoms with Crippen LogP contribution in [0.5, 0.6) is 0 Å². The van der Waals surface area contributed by atoms with E-state index in [0.29, 0.717) is 0 Å². The molecule has 15 heavy (non-hydrogen) atoms. The first-order valence-corrected chi connectivity index (χ1v) is 5.42. The summed E-state index contributed by atoms with van der Waals surface area (Å²) in [4.78, 5) is 10.6. The predicted molar refractivity (Wildman–Crippen MR) is 50.3 cm³/mol. The van der Waals surface area contributed by atoms with Gasteiger partial charge in [0.25, 0.3) is 0 Å². The van der Waals surface area contributed by atoms with Crippen LogP contribution >= 0.6 is 0 Å². The van der Waals surface area contributed by atoms with Gasteiger partial charge in [-0.05, 0) is 0 Å². The van der Waals surface area contributed by atoms with Crippen molar-refractivity contribution in [3.8, 4) is 0 Å².